The second kappa shape index (κ2) is 8.81. The number of thioether (sulfide) groups is 1. The molecule has 4 rings (SSSR count). The van der Waals surface area contributed by atoms with Crippen LogP contribution in [0.5, 0.6) is 0 Å². The molecule has 0 fully saturated rings. The van der Waals surface area contributed by atoms with Gasteiger partial charge in [0.25, 0.3) is 15.6 Å². The normalized spacial score (nSPS) is 11.7. The number of para-hydroxylation sites is 1. The Hall–Kier alpha value is -2.69. The topological polar surface area (TPSA) is 84.6 Å². The molecule has 0 spiro atoms. The van der Waals surface area contributed by atoms with Crippen molar-refractivity contribution in [2.75, 3.05) is 10.8 Å². The molecule has 0 amide bonds. The van der Waals surface area contributed by atoms with Crippen LogP contribution in [0.1, 0.15) is 18.3 Å². The minimum atomic E-state index is -3.71. The summed E-state index contributed by atoms with van der Waals surface area (Å²) < 4.78 is 29.0. The number of hydrogen-bond donors (Lipinski definition) is 0. The van der Waals surface area contributed by atoms with Gasteiger partial charge in [0.1, 0.15) is 4.90 Å². The van der Waals surface area contributed by atoms with Crippen molar-refractivity contribution in [2.24, 2.45) is 0 Å². The van der Waals surface area contributed by atoms with Gasteiger partial charge in [-0.3, -0.25) is 13.5 Å². The Morgan fingerprint density at radius 2 is 1.94 bits per heavy atom. The minimum absolute atomic E-state index is 0.102. The lowest BCUT2D eigenvalue weighted by molar-refractivity contribution is 0.591. The number of rotatable bonds is 7. The van der Waals surface area contributed by atoms with Crippen molar-refractivity contribution in [3.05, 3.63) is 81.8 Å². The van der Waals surface area contributed by atoms with Crippen LogP contribution in [0.25, 0.3) is 4.96 Å². The lowest BCUT2D eigenvalue weighted by atomic mass is 10.3. The summed E-state index contributed by atoms with van der Waals surface area (Å²) in [7, 11) is -3.71. The number of thiazole rings is 1. The highest BCUT2D eigenvalue weighted by Gasteiger charge is 2.23. The molecule has 0 saturated carbocycles. The Bertz CT molecular complexity index is 1360. The second-order valence-corrected chi connectivity index (χ2v) is 10.4. The van der Waals surface area contributed by atoms with Crippen LogP contribution >= 0.6 is 23.1 Å². The van der Waals surface area contributed by atoms with Crippen LogP contribution in [0.2, 0.25) is 0 Å². The van der Waals surface area contributed by atoms with E-state index in [2.05, 4.69) is 9.97 Å². The Kier molecular flexibility index (Phi) is 6.12. The third kappa shape index (κ3) is 4.36. The van der Waals surface area contributed by atoms with Gasteiger partial charge in [-0.1, -0.05) is 18.2 Å². The lowest BCUT2D eigenvalue weighted by Crippen LogP contribution is -2.30. The van der Waals surface area contributed by atoms with Gasteiger partial charge in [0, 0.05) is 35.6 Å². The van der Waals surface area contributed by atoms with E-state index in [0.29, 0.717) is 33.7 Å². The third-order valence-corrected chi connectivity index (χ3v) is 8.43. The zero-order valence-electron chi connectivity index (χ0n) is 16.9. The number of hydrogen-bond acceptors (Lipinski definition) is 7. The Morgan fingerprint density at radius 1 is 1.16 bits per heavy atom. The number of anilines is 1. The molecule has 0 aliphatic rings. The summed E-state index contributed by atoms with van der Waals surface area (Å²) >= 11 is 2.83. The molecule has 0 atom stereocenters. The molecule has 3 heterocycles. The minimum Gasteiger partial charge on any atom is -0.269 e. The Labute approximate surface area is 188 Å². The van der Waals surface area contributed by atoms with Gasteiger partial charge in [-0.25, -0.2) is 18.4 Å². The smallest absolute Gasteiger partial charge is 0.265 e. The van der Waals surface area contributed by atoms with Crippen LogP contribution in [0.4, 0.5) is 5.69 Å². The first-order chi connectivity index (χ1) is 14.9. The van der Waals surface area contributed by atoms with E-state index in [-0.39, 0.29) is 10.5 Å². The second-order valence-electron chi connectivity index (χ2n) is 6.71. The van der Waals surface area contributed by atoms with E-state index in [0.717, 1.165) is 5.69 Å². The van der Waals surface area contributed by atoms with E-state index in [1.54, 1.807) is 47.7 Å². The molecule has 0 saturated heterocycles. The SMILES string of the molecule is CCN(c1ccccc1)S(=O)(=O)c1ccc(SCc2cc(=O)n3c(C)csc3n2)nc1. The molecule has 10 heteroatoms. The quantitative estimate of drug-likeness (QED) is 0.379. The summed E-state index contributed by atoms with van der Waals surface area (Å²) in [6.07, 6.45) is 1.37. The van der Waals surface area contributed by atoms with Gasteiger partial charge < -0.3 is 0 Å². The van der Waals surface area contributed by atoms with Crippen molar-refractivity contribution in [1.29, 1.82) is 0 Å². The van der Waals surface area contributed by atoms with Gasteiger partial charge in [0.05, 0.1) is 16.4 Å². The Balaban J connectivity index is 1.51. The summed E-state index contributed by atoms with van der Waals surface area (Å²) in [4.78, 5) is 21.9. The standard InChI is InChI=1S/C21H20N4O3S3/c1-3-24(17-7-5-4-6-8-17)31(27,28)18-9-10-19(22-12-18)29-14-16-11-20(26)25-15(2)13-30-21(25)23-16/h4-13H,3,14H2,1-2H3. The van der Waals surface area contributed by atoms with Crippen LogP contribution < -0.4 is 9.86 Å². The fraction of sp³-hybridized carbons (Fsp3) is 0.190. The molecule has 0 aliphatic carbocycles. The van der Waals surface area contributed by atoms with Gasteiger partial charge in [0.2, 0.25) is 0 Å². The molecule has 4 aromatic rings. The summed E-state index contributed by atoms with van der Waals surface area (Å²) in [6, 6.07) is 13.7. The van der Waals surface area contributed by atoms with Crippen molar-refractivity contribution >= 4 is 43.8 Å². The van der Waals surface area contributed by atoms with E-state index in [1.165, 1.54) is 39.7 Å². The number of aromatic nitrogens is 3. The van der Waals surface area contributed by atoms with Gasteiger partial charge in [0.15, 0.2) is 4.96 Å². The maximum absolute atomic E-state index is 13.1. The molecule has 0 N–H and O–H groups in total. The molecular formula is C21H20N4O3S3. The van der Waals surface area contributed by atoms with Crippen LogP contribution in [-0.4, -0.2) is 29.3 Å². The monoisotopic (exact) mass is 472 g/mol. The summed E-state index contributed by atoms with van der Waals surface area (Å²) in [5.74, 6) is 0.465. The highest BCUT2D eigenvalue weighted by molar-refractivity contribution is 7.98. The zero-order valence-corrected chi connectivity index (χ0v) is 19.4. The number of aryl methyl sites for hydroxylation is 1. The van der Waals surface area contributed by atoms with Gasteiger partial charge in [-0.2, -0.15) is 0 Å². The van der Waals surface area contributed by atoms with Gasteiger partial charge in [-0.15, -0.1) is 23.1 Å². The number of sulfonamides is 1. The first kappa shape index (κ1) is 21.5. The van der Waals surface area contributed by atoms with Crippen molar-refractivity contribution < 1.29 is 8.42 Å². The highest BCUT2D eigenvalue weighted by atomic mass is 32.2. The fourth-order valence-corrected chi connectivity index (χ4v) is 6.19. The van der Waals surface area contributed by atoms with E-state index in [1.807, 2.05) is 18.4 Å². The maximum Gasteiger partial charge on any atom is 0.265 e. The molecule has 0 radical (unpaired) electrons. The predicted molar refractivity (Wildman–Crippen MR) is 125 cm³/mol. The summed E-state index contributed by atoms with van der Waals surface area (Å²) in [5, 5.41) is 2.56. The molecular weight excluding hydrogens is 452 g/mol. The number of nitrogens with zero attached hydrogens (tertiary/aromatic N) is 4. The maximum atomic E-state index is 13.1. The van der Waals surface area contributed by atoms with Gasteiger partial charge in [-0.05, 0) is 38.1 Å². The highest BCUT2D eigenvalue weighted by Crippen LogP contribution is 2.25. The van der Waals surface area contributed by atoms with Crippen molar-refractivity contribution in [3.8, 4) is 0 Å². The fourth-order valence-electron chi connectivity index (χ4n) is 3.14. The Morgan fingerprint density at radius 3 is 2.61 bits per heavy atom. The third-order valence-electron chi connectivity index (χ3n) is 4.63. The average molecular weight is 473 g/mol. The number of fused-ring (bicyclic) bond motifs is 1. The van der Waals surface area contributed by atoms with Crippen molar-refractivity contribution in [3.63, 3.8) is 0 Å². The molecule has 0 bridgehead atoms. The molecule has 0 aliphatic heterocycles. The number of pyridine rings is 1. The van der Waals surface area contributed by atoms with Crippen LogP contribution in [0.15, 0.2) is 74.8 Å². The van der Waals surface area contributed by atoms with E-state index >= 15 is 0 Å². The molecule has 1 aromatic carbocycles. The molecule has 3 aromatic heterocycles. The molecule has 7 nitrogen and oxygen atoms in total. The molecule has 160 valence electrons. The van der Waals surface area contributed by atoms with Crippen molar-refractivity contribution in [2.45, 2.75) is 29.5 Å². The van der Waals surface area contributed by atoms with Crippen LogP contribution in [-0.2, 0) is 15.8 Å². The number of benzene rings is 1. The van der Waals surface area contributed by atoms with Crippen molar-refractivity contribution in [1.82, 2.24) is 14.4 Å². The van der Waals surface area contributed by atoms with Crippen LogP contribution in [0.3, 0.4) is 0 Å². The summed E-state index contributed by atoms with van der Waals surface area (Å²) in [5.41, 5.74) is 2.04. The first-order valence-electron chi connectivity index (χ1n) is 9.53. The predicted octanol–water partition coefficient (Wildman–Crippen LogP) is 3.97. The average Bonchev–Trinajstić information content (AvgIpc) is 3.15. The summed E-state index contributed by atoms with van der Waals surface area (Å²) in [6.45, 7) is 3.98. The molecule has 31 heavy (non-hydrogen) atoms. The largest absolute Gasteiger partial charge is 0.269 e. The van der Waals surface area contributed by atoms with Gasteiger partial charge >= 0.3 is 0 Å². The molecule has 0 unspecified atom stereocenters. The first-order valence-corrected chi connectivity index (χ1v) is 12.8. The van der Waals surface area contributed by atoms with E-state index < -0.39 is 10.0 Å². The van der Waals surface area contributed by atoms with Crippen LogP contribution in [0, 0.1) is 6.92 Å². The lowest BCUT2D eigenvalue weighted by Gasteiger charge is -2.22. The van der Waals surface area contributed by atoms with E-state index in [4.69, 9.17) is 0 Å². The zero-order chi connectivity index (χ0) is 22.0. The van der Waals surface area contributed by atoms with E-state index in [9.17, 15) is 13.2 Å².